The predicted octanol–water partition coefficient (Wildman–Crippen LogP) is 7.70. The zero-order chi connectivity index (χ0) is 27.0. The van der Waals surface area contributed by atoms with Crippen LogP contribution in [0.1, 0.15) is 141 Å². The van der Waals surface area contributed by atoms with E-state index in [0.29, 0.717) is 0 Å². The highest BCUT2D eigenvalue weighted by atomic mass is 16.2. The summed E-state index contributed by atoms with van der Waals surface area (Å²) >= 11 is 0. The third-order valence-corrected chi connectivity index (χ3v) is 3.48. The van der Waals surface area contributed by atoms with Crippen molar-refractivity contribution in [3.8, 4) is 0 Å². The lowest BCUT2D eigenvalue weighted by Crippen LogP contribution is -2.31. The first-order valence-electron chi connectivity index (χ1n) is 13.1. The van der Waals surface area contributed by atoms with E-state index in [4.69, 9.17) is 5.73 Å². The lowest BCUT2D eigenvalue weighted by Gasteiger charge is -2.10. The Morgan fingerprint density at radius 3 is 1.38 bits per heavy atom. The number of amides is 2. The monoisotopic (exact) mass is 462 g/mol. The number of nitrogens with one attached hydrogen (secondary N) is 1. The second-order valence-corrected chi connectivity index (χ2v) is 7.31. The van der Waals surface area contributed by atoms with Crippen molar-refractivity contribution >= 4 is 17.6 Å². The lowest BCUT2D eigenvalue weighted by molar-refractivity contribution is -0.126. The van der Waals surface area contributed by atoms with Crippen molar-refractivity contribution in [1.29, 1.82) is 0 Å². The van der Waals surface area contributed by atoms with Gasteiger partial charge in [-0.15, -0.1) is 0 Å². The highest BCUT2D eigenvalue weighted by Crippen LogP contribution is 2.13. The standard InChI is InChI=1S/C9H19NO.C7H13NO2.C4H10.C3H8.2C2H6/c1-3-5-7-8(6-4-2)9(10)11;1-5(2)7(10)8-4-6(3)9;1-3-4-2;1-3-2;2*1-2/h8H,3-7H2,1-2H3,(H2,10,11);5H,4H2,1-3H3,(H,8,10);3-4H2,1-2H3;3H2,1-2H3;2*1-2H3. The molecule has 0 aromatic carbocycles. The Bertz CT molecular complexity index is 355. The molecule has 3 N–H and O–H groups in total. The predicted molar refractivity (Wildman–Crippen MR) is 145 cm³/mol. The summed E-state index contributed by atoms with van der Waals surface area (Å²) in [5, 5.41) is 2.49. The molecule has 0 rings (SSSR count). The van der Waals surface area contributed by atoms with E-state index in [1.54, 1.807) is 13.8 Å². The summed E-state index contributed by atoms with van der Waals surface area (Å²) in [6.07, 6.45) is 9.13. The first kappa shape index (κ1) is 44.3. The molecular formula is C27H62N2O3. The number of unbranched alkanes of at least 4 members (excludes halogenated alkanes) is 2. The zero-order valence-corrected chi connectivity index (χ0v) is 24.3. The fourth-order valence-corrected chi connectivity index (χ4v) is 1.64. The molecule has 1 atom stereocenters. The lowest BCUT2D eigenvalue weighted by atomic mass is 9.97. The van der Waals surface area contributed by atoms with Crippen molar-refractivity contribution in [1.82, 2.24) is 5.32 Å². The summed E-state index contributed by atoms with van der Waals surface area (Å²) in [6.45, 7) is 26.0. The molecule has 5 heteroatoms. The molecule has 198 valence electrons. The number of ketones is 1. The van der Waals surface area contributed by atoms with Crippen molar-refractivity contribution in [2.24, 2.45) is 17.6 Å². The molecule has 0 radical (unpaired) electrons. The Kier molecular flexibility index (Phi) is 60.2. The van der Waals surface area contributed by atoms with E-state index in [0.717, 1.165) is 32.1 Å². The molecule has 0 saturated carbocycles. The van der Waals surface area contributed by atoms with E-state index in [9.17, 15) is 14.4 Å². The Balaban J connectivity index is -0.0000000733. The van der Waals surface area contributed by atoms with Crippen molar-refractivity contribution in [2.75, 3.05) is 6.54 Å². The maximum Gasteiger partial charge on any atom is 0.222 e. The summed E-state index contributed by atoms with van der Waals surface area (Å²) in [6, 6.07) is 0. The first-order chi connectivity index (χ1) is 15.1. The quantitative estimate of drug-likeness (QED) is 0.348. The molecule has 2 amide bonds. The van der Waals surface area contributed by atoms with E-state index in [2.05, 4.69) is 46.9 Å². The van der Waals surface area contributed by atoms with Crippen molar-refractivity contribution in [2.45, 2.75) is 141 Å². The van der Waals surface area contributed by atoms with Crippen LogP contribution in [0.3, 0.4) is 0 Å². The molecule has 0 bridgehead atoms. The van der Waals surface area contributed by atoms with Gasteiger partial charge in [-0.25, -0.2) is 0 Å². The summed E-state index contributed by atoms with van der Waals surface area (Å²) < 4.78 is 0. The second-order valence-electron chi connectivity index (χ2n) is 7.31. The van der Waals surface area contributed by atoms with Crippen LogP contribution in [-0.4, -0.2) is 24.1 Å². The number of hydrogen-bond acceptors (Lipinski definition) is 3. The Morgan fingerprint density at radius 1 is 0.750 bits per heavy atom. The van der Waals surface area contributed by atoms with E-state index >= 15 is 0 Å². The fraction of sp³-hybridized carbons (Fsp3) is 0.889. The molecule has 0 aliphatic rings. The molecule has 0 aliphatic carbocycles. The average molecular weight is 463 g/mol. The molecule has 0 fully saturated rings. The molecular weight excluding hydrogens is 400 g/mol. The number of carbonyl (C=O) groups is 3. The van der Waals surface area contributed by atoms with Gasteiger partial charge >= 0.3 is 0 Å². The minimum Gasteiger partial charge on any atom is -0.369 e. The molecule has 32 heavy (non-hydrogen) atoms. The Labute approximate surface area is 203 Å². The molecule has 0 aromatic heterocycles. The van der Waals surface area contributed by atoms with Crippen LogP contribution in [0.15, 0.2) is 0 Å². The first-order valence-corrected chi connectivity index (χ1v) is 13.1. The Hall–Kier alpha value is -1.39. The molecule has 0 aliphatic heterocycles. The molecule has 5 nitrogen and oxygen atoms in total. The van der Waals surface area contributed by atoms with E-state index in [-0.39, 0.29) is 36.0 Å². The third-order valence-electron chi connectivity index (χ3n) is 3.48. The van der Waals surface area contributed by atoms with Crippen LogP contribution in [0.4, 0.5) is 0 Å². The number of Topliss-reactive ketones (excluding diaryl/α,β-unsaturated/α-hetero) is 1. The third kappa shape index (κ3) is 56.7. The van der Waals surface area contributed by atoms with E-state index in [1.807, 2.05) is 27.7 Å². The molecule has 0 heterocycles. The van der Waals surface area contributed by atoms with Crippen LogP contribution in [0, 0.1) is 11.8 Å². The van der Waals surface area contributed by atoms with Crippen LogP contribution >= 0.6 is 0 Å². The van der Waals surface area contributed by atoms with Gasteiger partial charge in [0, 0.05) is 11.8 Å². The summed E-state index contributed by atoms with van der Waals surface area (Å²) in [4.78, 5) is 32.0. The topological polar surface area (TPSA) is 89.3 Å². The van der Waals surface area contributed by atoms with Crippen LogP contribution in [0.5, 0.6) is 0 Å². The molecule has 0 spiro atoms. The van der Waals surface area contributed by atoms with Crippen molar-refractivity contribution < 1.29 is 14.4 Å². The van der Waals surface area contributed by atoms with Crippen molar-refractivity contribution in [3.05, 3.63) is 0 Å². The van der Waals surface area contributed by atoms with Gasteiger partial charge in [0.2, 0.25) is 11.8 Å². The number of primary amides is 1. The second kappa shape index (κ2) is 43.5. The number of hydrogen-bond donors (Lipinski definition) is 2. The van der Waals surface area contributed by atoms with Crippen molar-refractivity contribution in [3.63, 3.8) is 0 Å². The minimum absolute atomic E-state index is 0.0194. The number of carbonyl (C=O) groups excluding carboxylic acids is 3. The summed E-state index contributed by atoms with van der Waals surface area (Å²) in [7, 11) is 0. The van der Waals surface area contributed by atoms with Gasteiger partial charge in [0.25, 0.3) is 0 Å². The smallest absolute Gasteiger partial charge is 0.222 e. The van der Waals surface area contributed by atoms with Crippen LogP contribution in [0.25, 0.3) is 0 Å². The molecule has 0 aromatic rings. The van der Waals surface area contributed by atoms with Gasteiger partial charge in [-0.05, 0) is 19.8 Å². The van der Waals surface area contributed by atoms with Gasteiger partial charge in [0.1, 0.15) is 5.78 Å². The van der Waals surface area contributed by atoms with Gasteiger partial charge in [0.15, 0.2) is 0 Å². The summed E-state index contributed by atoms with van der Waals surface area (Å²) in [5.74, 6) is -0.135. The van der Waals surface area contributed by atoms with Gasteiger partial charge in [-0.3, -0.25) is 14.4 Å². The zero-order valence-electron chi connectivity index (χ0n) is 24.3. The maximum absolute atomic E-state index is 10.8. The van der Waals surface area contributed by atoms with Crippen LogP contribution < -0.4 is 11.1 Å². The van der Waals surface area contributed by atoms with E-state index in [1.165, 1.54) is 26.2 Å². The molecule has 1 unspecified atom stereocenters. The summed E-state index contributed by atoms with van der Waals surface area (Å²) in [5.41, 5.74) is 5.22. The normalized spacial score (nSPS) is 9.31. The highest BCUT2D eigenvalue weighted by Gasteiger charge is 2.12. The van der Waals surface area contributed by atoms with Gasteiger partial charge < -0.3 is 11.1 Å². The van der Waals surface area contributed by atoms with Crippen LogP contribution in [0.2, 0.25) is 0 Å². The van der Waals surface area contributed by atoms with Crippen LogP contribution in [-0.2, 0) is 14.4 Å². The maximum atomic E-state index is 10.8. The Morgan fingerprint density at radius 2 is 1.16 bits per heavy atom. The molecule has 0 saturated heterocycles. The average Bonchev–Trinajstić information content (AvgIpc) is 2.78. The minimum atomic E-state index is -0.125. The van der Waals surface area contributed by atoms with E-state index < -0.39 is 0 Å². The van der Waals surface area contributed by atoms with Gasteiger partial charge in [0.05, 0.1) is 6.54 Å². The number of nitrogens with two attached hydrogens (primary N) is 1. The SMILES string of the molecule is CC.CC.CC(=O)CNC(=O)C(C)C.CCC.CCCC.CCCCC(CCC)C(N)=O. The van der Waals surface area contributed by atoms with Gasteiger partial charge in [-0.2, -0.15) is 0 Å². The largest absolute Gasteiger partial charge is 0.369 e. The number of rotatable bonds is 10. The fourth-order valence-electron chi connectivity index (χ4n) is 1.64. The highest BCUT2D eigenvalue weighted by molar-refractivity contribution is 5.85. The van der Waals surface area contributed by atoms with Gasteiger partial charge in [-0.1, -0.05) is 122 Å².